The summed E-state index contributed by atoms with van der Waals surface area (Å²) in [6.45, 7) is 2.02. The number of aromatic nitrogens is 6. The summed E-state index contributed by atoms with van der Waals surface area (Å²) in [5.74, 6) is 3.70. The van der Waals surface area contributed by atoms with Crippen LogP contribution in [0.5, 0.6) is 11.5 Å². The molecule has 3 aromatic heterocycles. The quantitative estimate of drug-likeness (QED) is 0.357. The average molecular weight is 465 g/mol. The maximum atomic E-state index is 6.15. The average Bonchev–Trinajstić information content (AvgIpc) is 3.17. The topological polar surface area (TPSA) is 103 Å². The number of fused-ring (bicyclic) bond motifs is 2. The largest absolute Gasteiger partial charge is 0.457 e. The Hall–Kier alpha value is -4.27. The predicted octanol–water partition coefficient (Wildman–Crippen LogP) is 5.12. The van der Waals surface area contributed by atoms with Crippen molar-refractivity contribution in [3.05, 3.63) is 60.8 Å². The lowest BCUT2D eigenvalue weighted by Crippen LogP contribution is -2.63. The Morgan fingerprint density at radius 2 is 1.89 bits per heavy atom. The summed E-state index contributed by atoms with van der Waals surface area (Å²) >= 11 is 0. The molecule has 5 aromatic rings. The van der Waals surface area contributed by atoms with Crippen LogP contribution in [-0.2, 0) is 7.05 Å². The number of benzene rings is 2. The standard InChI is InChI=1S/C26H24N8O/c1-15-7-17(3-6-22(15)35-18-4-5-21-19(8-18)30-14-34(21)2)31-24-23-20(28-13-29-24)12-27-25(32-23)33-26-9-16(10-26)11-26/h3-8,12-14,16H,9-11H2,1-2H3,(H,27,32,33)(H,28,29,31). The molecule has 8 rings (SSSR count). The number of anilines is 3. The van der Waals surface area contributed by atoms with Gasteiger partial charge in [0.15, 0.2) is 5.82 Å². The maximum absolute atomic E-state index is 6.15. The van der Waals surface area contributed by atoms with Crippen LogP contribution in [0.25, 0.3) is 22.1 Å². The molecule has 0 amide bonds. The lowest BCUT2D eigenvalue weighted by molar-refractivity contribution is 0.00149. The number of aryl methyl sites for hydroxylation is 2. The molecule has 0 saturated heterocycles. The Morgan fingerprint density at radius 1 is 1.00 bits per heavy atom. The van der Waals surface area contributed by atoms with Gasteiger partial charge in [-0.25, -0.2) is 24.9 Å². The van der Waals surface area contributed by atoms with E-state index in [0.29, 0.717) is 22.8 Å². The van der Waals surface area contributed by atoms with Crippen molar-refractivity contribution >= 4 is 39.5 Å². The smallest absolute Gasteiger partial charge is 0.223 e. The number of ether oxygens (including phenoxy) is 1. The lowest BCUT2D eigenvalue weighted by Gasteiger charge is -2.61. The van der Waals surface area contributed by atoms with Crippen molar-refractivity contribution in [2.75, 3.05) is 10.6 Å². The molecule has 0 radical (unpaired) electrons. The molecule has 35 heavy (non-hydrogen) atoms. The van der Waals surface area contributed by atoms with Crippen molar-refractivity contribution in [2.45, 2.75) is 31.7 Å². The molecule has 2 bridgehead atoms. The zero-order chi connectivity index (χ0) is 23.6. The Balaban J connectivity index is 1.13. The molecule has 9 heteroatoms. The van der Waals surface area contributed by atoms with Crippen LogP contribution in [0.1, 0.15) is 24.8 Å². The predicted molar refractivity (Wildman–Crippen MR) is 134 cm³/mol. The van der Waals surface area contributed by atoms with Crippen molar-refractivity contribution in [2.24, 2.45) is 13.0 Å². The summed E-state index contributed by atoms with van der Waals surface area (Å²) < 4.78 is 8.14. The van der Waals surface area contributed by atoms with Crippen LogP contribution in [0, 0.1) is 12.8 Å². The second-order valence-corrected chi connectivity index (χ2v) is 9.75. The molecule has 3 aliphatic carbocycles. The number of nitrogens with zero attached hydrogens (tertiary/aromatic N) is 6. The first kappa shape index (κ1) is 20.1. The molecule has 0 unspecified atom stereocenters. The monoisotopic (exact) mass is 464 g/mol. The Bertz CT molecular complexity index is 1590. The zero-order valence-electron chi connectivity index (χ0n) is 19.5. The third-order valence-electron chi connectivity index (χ3n) is 7.15. The molecule has 0 atom stereocenters. The second-order valence-electron chi connectivity index (χ2n) is 9.75. The van der Waals surface area contributed by atoms with Gasteiger partial charge in [-0.2, -0.15) is 0 Å². The number of hydrogen-bond donors (Lipinski definition) is 2. The van der Waals surface area contributed by atoms with Gasteiger partial charge in [0.25, 0.3) is 0 Å². The SMILES string of the molecule is Cc1cc(Nc2ncnc3cnc(NC45CC(C4)C5)nc23)ccc1Oc1ccc2c(c1)ncn2C. The van der Waals surface area contributed by atoms with E-state index in [9.17, 15) is 0 Å². The van der Waals surface area contributed by atoms with E-state index in [1.165, 1.54) is 25.6 Å². The number of rotatable bonds is 6. The molecule has 3 saturated carbocycles. The van der Waals surface area contributed by atoms with Gasteiger partial charge in [-0.3, -0.25) is 0 Å². The minimum Gasteiger partial charge on any atom is -0.457 e. The van der Waals surface area contributed by atoms with Crippen LogP contribution in [0.3, 0.4) is 0 Å². The molecular weight excluding hydrogens is 440 g/mol. The van der Waals surface area contributed by atoms with E-state index in [4.69, 9.17) is 9.72 Å². The van der Waals surface area contributed by atoms with Gasteiger partial charge in [-0.05, 0) is 68.0 Å². The Morgan fingerprint density at radius 3 is 2.69 bits per heavy atom. The third-order valence-corrected chi connectivity index (χ3v) is 7.15. The van der Waals surface area contributed by atoms with Gasteiger partial charge in [0, 0.05) is 24.3 Å². The molecule has 9 nitrogen and oxygen atoms in total. The number of hydrogen-bond acceptors (Lipinski definition) is 8. The number of imidazole rings is 1. The molecule has 3 aliphatic rings. The van der Waals surface area contributed by atoms with Crippen molar-refractivity contribution in [1.29, 1.82) is 0 Å². The highest BCUT2D eigenvalue weighted by molar-refractivity contribution is 5.87. The molecular formula is C26H24N8O. The van der Waals surface area contributed by atoms with Crippen molar-refractivity contribution in [3.8, 4) is 11.5 Å². The summed E-state index contributed by atoms with van der Waals surface area (Å²) in [7, 11) is 1.98. The van der Waals surface area contributed by atoms with E-state index in [0.717, 1.165) is 39.7 Å². The summed E-state index contributed by atoms with van der Waals surface area (Å²) in [5.41, 5.74) is 5.46. The van der Waals surface area contributed by atoms with E-state index < -0.39 is 0 Å². The third kappa shape index (κ3) is 3.42. The zero-order valence-corrected chi connectivity index (χ0v) is 19.5. The Labute approximate surface area is 201 Å². The maximum Gasteiger partial charge on any atom is 0.223 e. The highest BCUT2D eigenvalue weighted by atomic mass is 16.5. The fraction of sp³-hybridized carbons (Fsp3) is 0.269. The summed E-state index contributed by atoms with van der Waals surface area (Å²) in [5, 5.41) is 6.92. The molecule has 0 spiro atoms. The van der Waals surface area contributed by atoms with Crippen LogP contribution in [-0.4, -0.2) is 35.0 Å². The fourth-order valence-electron chi connectivity index (χ4n) is 5.16. The van der Waals surface area contributed by atoms with Crippen LogP contribution in [0.4, 0.5) is 17.5 Å². The van der Waals surface area contributed by atoms with Gasteiger partial charge in [-0.1, -0.05) is 0 Å². The molecule has 0 aliphatic heterocycles. The first-order valence-electron chi connectivity index (χ1n) is 11.8. The Kier molecular flexibility index (Phi) is 4.24. The van der Waals surface area contributed by atoms with Gasteiger partial charge >= 0.3 is 0 Å². The summed E-state index contributed by atoms with van der Waals surface area (Å²) in [6, 6.07) is 11.9. The molecule has 3 heterocycles. The van der Waals surface area contributed by atoms with Gasteiger partial charge in [-0.15, -0.1) is 0 Å². The molecule has 2 aromatic carbocycles. The minimum atomic E-state index is 0.204. The van der Waals surface area contributed by atoms with Crippen LogP contribution >= 0.6 is 0 Å². The van der Waals surface area contributed by atoms with E-state index in [1.807, 2.05) is 54.9 Å². The van der Waals surface area contributed by atoms with E-state index in [1.54, 1.807) is 12.5 Å². The van der Waals surface area contributed by atoms with Gasteiger partial charge < -0.3 is 19.9 Å². The normalized spacial score (nSPS) is 20.3. The summed E-state index contributed by atoms with van der Waals surface area (Å²) in [6.07, 6.45) is 8.73. The van der Waals surface area contributed by atoms with Crippen molar-refractivity contribution in [3.63, 3.8) is 0 Å². The molecule has 2 N–H and O–H groups in total. The first-order chi connectivity index (χ1) is 17.0. The van der Waals surface area contributed by atoms with Crippen LogP contribution in [0.2, 0.25) is 0 Å². The number of nitrogens with one attached hydrogen (secondary N) is 2. The van der Waals surface area contributed by atoms with Gasteiger partial charge in [0.2, 0.25) is 5.95 Å². The van der Waals surface area contributed by atoms with Crippen LogP contribution in [0.15, 0.2) is 55.2 Å². The van der Waals surface area contributed by atoms with Crippen molar-refractivity contribution in [1.82, 2.24) is 29.5 Å². The second kappa shape index (κ2) is 7.36. The highest BCUT2D eigenvalue weighted by Gasteiger charge is 2.57. The van der Waals surface area contributed by atoms with Gasteiger partial charge in [0.1, 0.15) is 28.9 Å². The lowest BCUT2D eigenvalue weighted by atomic mass is 9.50. The highest BCUT2D eigenvalue weighted by Crippen LogP contribution is 2.58. The fourth-order valence-corrected chi connectivity index (χ4v) is 5.16. The molecule has 174 valence electrons. The summed E-state index contributed by atoms with van der Waals surface area (Å²) in [4.78, 5) is 22.4. The first-order valence-corrected chi connectivity index (χ1v) is 11.8. The van der Waals surface area contributed by atoms with E-state index in [2.05, 4.69) is 30.6 Å². The van der Waals surface area contributed by atoms with Crippen LogP contribution < -0.4 is 15.4 Å². The van der Waals surface area contributed by atoms with Gasteiger partial charge in [0.05, 0.1) is 23.6 Å². The van der Waals surface area contributed by atoms with E-state index in [-0.39, 0.29) is 5.54 Å². The minimum absolute atomic E-state index is 0.204. The van der Waals surface area contributed by atoms with Crippen molar-refractivity contribution < 1.29 is 4.74 Å². The van der Waals surface area contributed by atoms with E-state index >= 15 is 0 Å². The molecule has 3 fully saturated rings.